The van der Waals surface area contributed by atoms with E-state index in [9.17, 15) is 24.0 Å². The minimum absolute atomic E-state index is 0.103. The van der Waals surface area contributed by atoms with Gasteiger partial charge in [0.15, 0.2) is 0 Å². The molecule has 12 nitrogen and oxygen atoms in total. The third-order valence-electron chi connectivity index (χ3n) is 8.23. The van der Waals surface area contributed by atoms with E-state index in [0.717, 1.165) is 5.56 Å². The van der Waals surface area contributed by atoms with Crippen LogP contribution in [0.15, 0.2) is 42.0 Å². The van der Waals surface area contributed by atoms with Crippen molar-refractivity contribution in [2.24, 2.45) is 5.41 Å². The van der Waals surface area contributed by atoms with Crippen LogP contribution < -0.4 is 16.0 Å². The summed E-state index contributed by atoms with van der Waals surface area (Å²) in [4.78, 5) is 69.7. The zero-order chi connectivity index (χ0) is 39.5. The number of nitrogens with zero attached hydrogens (tertiary/aromatic N) is 2. The molecule has 0 aromatic heterocycles. The van der Waals surface area contributed by atoms with Crippen LogP contribution in [-0.2, 0) is 34.1 Å². The highest BCUT2D eigenvalue weighted by atomic mass is 16.6. The fourth-order valence-corrected chi connectivity index (χ4v) is 5.45. The van der Waals surface area contributed by atoms with E-state index in [1.807, 2.05) is 65.0 Å². The third-order valence-corrected chi connectivity index (χ3v) is 8.23. The molecule has 1 aromatic rings. The molecule has 51 heavy (non-hydrogen) atoms. The summed E-state index contributed by atoms with van der Waals surface area (Å²) in [6.07, 6.45) is 1.53. The van der Waals surface area contributed by atoms with Crippen molar-refractivity contribution in [1.29, 1.82) is 0 Å². The fourth-order valence-electron chi connectivity index (χ4n) is 5.45. The first-order chi connectivity index (χ1) is 23.2. The summed E-state index contributed by atoms with van der Waals surface area (Å²) in [5.74, 6) is -1.52. The molecule has 0 radical (unpaired) electrons. The molecule has 0 heterocycles. The average molecular weight is 716 g/mol. The number of amides is 4. The van der Waals surface area contributed by atoms with Gasteiger partial charge in [-0.2, -0.15) is 0 Å². The van der Waals surface area contributed by atoms with E-state index in [4.69, 9.17) is 9.47 Å². The van der Waals surface area contributed by atoms with Gasteiger partial charge in [0.05, 0.1) is 0 Å². The minimum Gasteiger partial charge on any atom is -0.460 e. The van der Waals surface area contributed by atoms with E-state index in [-0.39, 0.29) is 36.8 Å². The largest absolute Gasteiger partial charge is 0.460 e. The van der Waals surface area contributed by atoms with E-state index in [1.165, 1.54) is 16.8 Å². The summed E-state index contributed by atoms with van der Waals surface area (Å²) in [6, 6.07) is 7.10. The Morgan fingerprint density at radius 2 is 1.37 bits per heavy atom. The predicted molar refractivity (Wildman–Crippen MR) is 201 cm³/mol. The number of carbonyl (C=O) groups is 5. The summed E-state index contributed by atoms with van der Waals surface area (Å²) < 4.78 is 11.0. The topological polar surface area (TPSA) is 146 Å². The highest BCUT2D eigenvalue weighted by Gasteiger charge is 2.45. The molecule has 0 saturated heterocycles. The van der Waals surface area contributed by atoms with Gasteiger partial charge >= 0.3 is 12.1 Å². The average Bonchev–Trinajstić information content (AvgIpc) is 2.98. The highest BCUT2D eigenvalue weighted by Crippen LogP contribution is 2.32. The standard InChI is InChI=1S/C39H65N5O7/c1-26(32(46)41-28(25-40-13)21-22-29(45)50-37(5,6)7)23-24-43(14)34(48)30(36(2,3)4)42-33(47)31(44(15)35(49)51-38(8,9)10)39(11,12)27-19-17-16-18-20-27/h16-20,23,28,30-31,40H,21-22,24-25H2,1-15H3,(H,41,46)(H,42,47)/b26-23+/t28-,30?,31+/m0/s1. The number of esters is 1. The smallest absolute Gasteiger partial charge is 0.410 e. The molecule has 1 unspecified atom stereocenters. The second kappa shape index (κ2) is 18.5. The second-order valence-electron chi connectivity index (χ2n) is 16.8. The molecule has 0 spiro atoms. The lowest BCUT2D eigenvalue weighted by molar-refractivity contribution is -0.155. The molecule has 12 heteroatoms. The van der Waals surface area contributed by atoms with E-state index in [0.29, 0.717) is 18.5 Å². The van der Waals surface area contributed by atoms with Crippen LogP contribution in [0.3, 0.4) is 0 Å². The summed E-state index contributed by atoms with van der Waals surface area (Å²) in [7, 11) is 4.90. The number of benzene rings is 1. The lowest BCUT2D eigenvalue weighted by Gasteiger charge is -2.42. The molecule has 1 aromatic carbocycles. The first kappa shape index (κ1) is 45.1. The minimum atomic E-state index is -1.04. The van der Waals surface area contributed by atoms with Crippen molar-refractivity contribution in [3.05, 3.63) is 47.5 Å². The maximum Gasteiger partial charge on any atom is 0.410 e. The van der Waals surface area contributed by atoms with Crippen molar-refractivity contribution in [3.8, 4) is 0 Å². The summed E-state index contributed by atoms with van der Waals surface area (Å²) in [6.45, 7) is 22.2. The molecule has 0 aliphatic heterocycles. The first-order valence-electron chi connectivity index (χ1n) is 17.6. The monoisotopic (exact) mass is 715 g/mol. The lowest BCUT2D eigenvalue weighted by atomic mass is 9.76. The number of nitrogens with one attached hydrogen (secondary N) is 3. The molecular formula is C39H65N5O7. The van der Waals surface area contributed by atoms with Crippen LogP contribution in [0.25, 0.3) is 0 Å². The number of likely N-dealkylation sites (N-methyl/N-ethyl adjacent to an activating group) is 3. The Kier molecular flexibility index (Phi) is 16.4. The Hall–Kier alpha value is -3.93. The first-order valence-corrected chi connectivity index (χ1v) is 17.6. The van der Waals surface area contributed by atoms with Crippen molar-refractivity contribution >= 4 is 29.8 Å². The molecule has 288 valence electrons. The quantitative estimate of drug-likeness (QED) is 0.171. The van der Waals surface area contributed by atoms with Crippen LogP contribution in [0, 0.1) is 5.41 Å². The Morgan fingerprint density at radius 3 is 1.86 bits per heavy atom. The van der Waals surface area contributed by atoms with Crippen LogP contribution in [0.4, 0.5) is 4.79 Å². The summed E-state index contributed by atoms with van der Waals surface area (Å²) in [5.41, 5.74) is -1.73. The van der Waals surface area contributed by atoms with Crippen LogP contribution >= 0.6 is 0 Å². The second-order valence-corrected chi connectivity index (χ2v) is 16.8. The van der Waals surface area contributed by atoms with Gasteiger partial charge in [-0.05, 0) is 72.9 Å². The van der Waals surface area contributed by atoms with Crippen molar-refractivity contribution in [2.45, 2.75) is 131 Å². The van der Waals surface area contributed by atoms with E-state index < -0.39 is 46.1 Å². The van der Waals surface area contributed by atoms with Crippen LogP contribution in [0.1, 0.15) is 101 Å². The van der Waals surface area contributed by atoms with E-state index in [1.54, 1.807) is 68.6 Å². The maximum absolute atomic E-state index is 14.3. The van der Waals surface area contributed by atoms with Gasteiger partial charge in [0, 0.05) is 50.6 Å². The van der Waals surface area contributed by atoms with Crippen LogP contribution in [0.2, 0.25) is 0 Å². The van der Waals surface area contributed by atoms with Gasteiger partial charge < -0.3 is 30.3 Å². The molecule has 0 aliphatic rings. The SMILES string of the molecule is CNC[C@H](CCC(=O)OC(C)(C)C)NC(=O)/C(C)=C/CN(C)C(=O)C(NC(=O)[C@@H](N(C)C(=O)OC(C)(C)C)C(C)(C)c1ccccc1)C(C)(C)C. The van der Waals surface area contributed by atoms with Gasteiger partial charge in [-0.25, -0.2) is 4.79 Å². The van der Waals surface area contributed by atoms with Crippen LogP contribution in [0.5, 0.6) is 0 Å². The van der Waals surface area contributed by atoms with Crippen molar-refractivity contribution in [2.75, 3.05) is 34.2 Å². The van der Waals surface area contributed by atoms with Gasteiger partial charge in [-0.3, -0.25) is 24.1 Å². The fraction of sp³-hybridized carbons (Fsp3) is 0.667. The number of hydrogen-bond donors (Lipinski definition) is 3. The number of rotatable bonds is 15. The Morgan fingerprint density at radius 1 is 0.824 bits per heavy atom. The van der Waals surface area contributed by atoms with Gasteiger partial charge in [0.25, 0.3) is 0 Å². The molecule has 3 atom stereocenters. The molecular weight excluding hydrogens is 650 g/mol. The molecule has 0 fully saturated rings. The normalized spacial score (nSPS) is 14.5. The van der Waals surface area contributed by atoms with Gasteiger partial charge in [-0.15, -0.1) is 0 Å². The van der Waals surface area contributed by atoms with E-state index >= 15 is 0 Å². The molecule has 1 rings (SSSR count). The Bertz CT molecular complexity index is 1370. The van der Waals surface area contributed by atoms with Gasteiger partial charge in [0.1, 0.15) is 23.3 Å². The highest BCUT2D eigenvalue weighted by molar-refractivity contribution is 5.94. The molecule has 0 saturated carbocycles. The summed E-state index contributed by atoms with van der Waals surface area (Å²) in [5, 5.41) is 8.97. The van der Waals surface area contributed by atoms with Crippen molar-refractivity contribution < 1.29 is 33.4 Å². The van der Waals surface area contributed by atoms with Crippen LogP contribution in [-0.4, -0.2) is 103 Å². The Balaban J connectivity index is 3.22. The maximum atomic E-state index is 14.3. The summed E-state index contributed by atoms with van der Waals surface area (Å²) >= 11 is 0. The Labute approximate surface area is 306 Å². The zero-order valence-corrected chi connectivity index (χ0v) is 33.8. The molecule has 4 amide bonds. The number of carbonyl (C=O) groups excluding carboxylic acids is 5. The van der Waals surface area contributed by atoms with Gasteiger partial charge in [-0.1, -0.05) is 71.0 Å². The van der Waals surface area contributed by atoms with Crippen molar-refractivity contribution in [1.82, 2.24) is 25.8 Å². The van der Waals surface area contributed by atoms with Crippen molar-refractivity contribution in [3.63, 3.8) is 0 Å². The number of ether oxygens (including phenoxy) is 2. The van der Waals surface area contributed by atoms with E-state index in [2.05, 4.69) is 16.0 Å². The van der Waals surface area contributed by atoms with Gasteiger partial charge in [0.2, 0.25) is 17.7 Å². The third kappa shape index (κ3) is 15.1. The number of hydrogen-bond acceptors (Lipinski definition) is 8. The molecule has 0 bridgehead atoms. The molecule has 0 aliphatic carbocycles. The predicted octanol–water partition coefficient (Wildman–Crippen LogP) is 4.96. The molecule has 3 N–H and O–H groups in total. The lowest BCUT2D eigenvalue weighted by Crippen LogP contribution is -2.62. The zero-order valence-electron chi connectivity index (χ0n) is 33.8.